The molecule has 0 aliphatic heterocycles. The van der Waals surface area contributed by atoms with E-state index in [0.717, 1.165) is 12.1 Å². The molecular weight excluding hydrogens is 270 g/mol. The number of rotatable bonds is 7. The first-order valence-electron chi connectivity index (χ1n) is 7.08. The van der Waals surface area contributed by atoms with Crippen molar-refractivity contribution in [2.24, 2.45) is 0 Å². The maximum Gasteiger partial charge on any atom is 0.321 e. The molecule has 1 aromatic rings. The molecule has 1 rings (SSSR count). The van der Waals surface area contributed by atoms with Crippen LogP contribution >= 0.6 is 0 Å². The Morgan fingerprint density at radius 2 is 1.95 bits per heavy atom. The van der Waals surface area contributed by atoms with Crippen molar-refractivity contribution in [1.82, 2.24) is 10.6 Å². The lowest BCUT2D eigenvalue weighted by Crippen LogP contribution is -2.46. The smallest absolute Gasteiger partial charge is 0.321 e. The maximum atomic E-state index is 11.9. The highest BCUT2D eigenvalue weighted by Gasteiger charge is 2.15. The Morgan fingerprint density at radius 3 is 2.52 bits per heavy atom. The maximum absolute atomic E-state index is 11.9. The number of imide groups is 1. The number of para-hydroxylation sites is 1. The normalized spacial score (nSPS) is 11.6. The number of nitrogens with zero attached hydrogens (tertiary/aromatic N) is 1. The average molecular weight is 293 g/mol. The number of carbonyl (C=O) groups excluding carboxylic acids is 2. The third-order valence-electron chi connectivity index (χ3n) is 2.73. The van der Waals surface area contributed by atoms with Gasteiger partial charge in [-0.15, -0.1) is 0 Å². The quantitative estimate of drug-likeness (QED) is 0.703. The van der Waals surface area contributed by atoms with Gasteiger partial charge in [0.25, 0.3) is 0 Å². The van der Waals surface area contributed by atoms with E-state index < -0.39 is 18.0 Å². The molecule has 0 radical (unpaired) electrons. The third-order valence-corrected chi connectivity index (χ3v) is 2.73. The minimum Gasteiger partial charge on any atom is -0.392 e. The molecule has 0 bridgehead atoms. The number of benzene rings is 1. The first-order chi connectivity index (χ1) is 10.0. The molecule has 116 valence electrons. The lowest BCUT2D eigenvalue weighted by molar-refractivity contribution is -0.118. The Balaban J connectivity index is 2.60. The monoisotopic (exact) mass is 293 g/mol. The lowest BCUT2D eigenvalue weighted by atomic mass is 10.2. The molecule has 21 heavy (non-hydrogen) atoms. The number of nitrogens with one attached hydrogen (secondary N) is 2. The molecule has 1 atom stereocenters. The zero-order valence-electron chi connectivity index (χ0n) is 12.5. The van der Waals surface area contributed by atoms with Crippen molar-refractivity contribution in [2.75, 3.05) is 24.5 Å². The summed E-state index contributed by atoms with van der Waals surface area (Å²) < 4.78 is 0. The predicted octanol–water partition coefficient (Wildman–Crippen LogP) is 1.11. The van der Waals surface area contributed by atoms with Gasteiger partial charge in [-0.25, -0.2) is 4.79 Å². The Labute approximate surface area is 125 Å². The second-order valence-electron chi connectivity index (χ2n) is 4.87. The summed E-state index contributed by atoms with van der Waals surface area (Å²) >= 11 is 0. The van der Waals surface area contributed by atoms with Gasteiger partial charge in [0, 0.05) is 18.8 Å². The molecule has 6 nitrogen and oxygen atoms in total. The summed E-state index contributed by atoms with van der Waals surface area (Å²) in [6, 6.07) is 8.81. The van der Waals surface area contributed by atoms with Crippen LogP contribution in [0.25, 0.3) is 0 Å². The van der Waals surface area contributed by atoms with E-state index >= 15 is 0 Å². The van der Waals surface area contributed by atoms with Crippen LogP contribution in [0.2, 0.25) is 0 Å². The molecule has 3 amide bonds. The van der Waals surface area contributed by atoms with Crippen LogP contribution in [0, 0.1) is 0 Å². The second kappa shape index (κ2) is 8.97. The van der Waals surface area contributed by atoms with E-state index in [1.165, 1.54) is 0 Å². The van der Waals surface area contributed by atoms with Crippen molar-refractivity contribution in [3.05, 3.63) is 30.3 Å². The number of hydrogen-bond acceptors (Lipinski definition) is 4. The largest absolute Gasteiger partial charge is 0.392 e. The van der Waals surface area contributed by atoms with Gasteiger partial charge in [-0.05, 0) is 25.5 Å². The SMILES string of the molecule is CCCNC(=O)NC(=O)CN(CC(C)O)c1ccccc1. The molecule has 0 saturated heterocycles. The number of amides is 3. The highest BCUT2D eigenvalue weighted by Crippen LogP contribution is 2.13. The predicted molar refractivity (Wildman–Crippen MR) is 82.2 cm³/mol. The molecule has 1 aromatic carbocycles. The Morgan fingerprint density at radius 1 is 1.29 bits per heavy atom. The van der Waals surface area contributed by atoms with Crippen LogP contribution < -0.4 is 15.5 Å². The third kappa shape index (κ3) is 6.76. The lowest BCUT2D eigenvalue weighted by Gasteiger charge is -2.25. The van der Waals surface area contributed by atoms with Crippen molar-refractivity contribution in [3.8, 4) is 0 Å². The van der Waals surface area contributed by atoms with Crippen molar-refractivity contribution in [1.29, 1.82) is 0 Å². The van der Waals surface area contributed by atoms with E-state index in [2.05, 4.69) is 10.6 Å². The summed E-state index contributed by atoms with van der Waals surface area (Å²) in [6.45, 7) is 4.43. The van der Waals surface area contributed by atoms with Crippen LogP contribution in [0.3, 0.4) is 0 Å². The number of hydrogen-bond donors (Lipinski definition) is 3. The summed E-state index contributed by atoms with van der Waals surface area (Å²) in [7, 11) is 0. The van der Waals surface area contributed by atoms with Crippen molar-refractivity contribution < 1.29 is 14.7 Å². The van der Waals surface area contributed by atoms with Crippen LogP contribution in [-0.4, -0.2) is 42.8 Å². The zero-order valence-corrected chi connectivity index (χ0v) is 12.5. The van der Waals surface area contributed by atoms with E-state index in [-0.39, 0.29) is 6.54 Å². The number of urea groups is 1. The number of aliphatic hydroxyl groups is 1. The summed E-state index contributed by atoms with van der Waals surface area (Å²) in [5, 5.41) is 14.4. The van der Waals surface area contributed by atoms with Crippen LogP contribution in [0.15, 0.2) is 30.3 Å². The fourth-order valence-corrected chi connectivity index (χ4v) is 1.84. The molecule has 6 heteroatoms. The molecule has 0 aliphatic carbocycles. The van der Waals surface area contributed by atoms with Crippen LogP contribution in [0.5, 0.6) is 0 Å². The van der Waals surface area contributed by atoms with Gasteiger partial charge in [0.1, 0.15) is 0 Å². The highest BCUT2D eigenvalue weighted by atomic mass is 16.3. The van der Waals surface area contributed by atoms with Crippen LogP contribution in [-0.2, 0) is 4.79 Å². The number of carbonyl (C=O) groups is 2. The van der Waals surface area contributed by atoms with Crippen molar-refractivity contribution in [3.63, 3.8) is 0 Å². The molecule has 0 fully saturated rings. The van der Waals surface area contributed by atoms with Gasteiger partial charge in [0.05, 0.1) is 12.6 Å². The number of anilines is 1. The number of aliphatic hydroxyl groups excluding tert-OH is 1. The van der Waals surface area contributed by atoms with Gasteiger partial charge in [0.2, 0.25) is 5.91 Å². The van der Waals surface area contributed by atoms with Gasteiger partial charge in [0.15, 0.2) is 0 Å². The molecular formula is C15H23N3O3. The highest BCUT2D eigenvalue weighted by molar-refractivity contribution is 5.96. The topological polar surface area (TPSA) is 81.7 Å². The fourth-order valence-electron chi connectivity index (χ4n) is 1.84. The van der Waals surface area contributed by atoms with E-state index in [0.29, 0.717) is 13.1 Å². The minimum atomic E-state index is -0.577. The summed E-state index contributed by atoms with van der Waals surface area (Å²) in [4.78, 5) is 25.1. The van der Waals surface area contributed by atoms with Gasteiger partial charge in [-0.2, -0.15) is 0 Å². The van der Waals surface area contributed by atoms with Crippen molar-refractivity contribution in [2.45, 2.75) is 26.4 Å². The van der Waals surface area contributed by atoms with Gasteiger partial charge in [-0.1, -0.05) is 25.1 Å². The second-order valence-corrected chi connectivity index (χ2v) is 4.87. The summed E-state index contributed by atoms with van der Waals surface area (Å²) in [6.07, 6.45) is 0.228. The summed E-state index contributed by atoms with van der Waals surface area (Å²) in [5.41, 5.74) is 0.822. The molecule has 0 spiro atoms. The molecule has 1 unspecified atom stereocenters. The molecule has 0 heterocycles. The van der Waals surface area contributed by atoms with Gasteiger partial charge >= 0.3 is 6.03 Å². The molecule has 3 N–H and O–H groups in total. The van der Waals surface area contributed by atoms with Crippen LogP contribution in [0.4, 0.5) is 10.5 Å². The molecule has 0 aromatic heterocycles. The Hall–Kier alpha value is -2.08. The Kier molecular flexibility index (Phi) is 7.25. The van der Waals surface area contributed by atoms with Crippen LogP contribution in [0.1, 0.15) is 20.3 Å². The molecule has 0 aliphatic rings. The van der Waals surface area contributed by atoms with Gasteiger partial charge < -0.3 is 15.3 Å². The fraction of sp³-hybridized carbons (Fsp3) is 0.467. The van der Waals surface area contributed by atoms with E-state index in [4.69, 9.17) is 0 Å². The first-order valence-corrected chi connectivity index (χ1v) is 7.08. The zero-order chi connectivity index (χ0) is 15.7. The van der Waals surface area contributed by atoms with Crippen molar-refractivity contribution >= 4 is 17.6 Å². The minimum absolute atomic E-state index is 0.00839. The Bertz CT molecular complexity index is 449. The average Bonchev–Trinajstić information content (AvgIpc) is 2.44. The first kappa shape index (κ1) is 17.0. The summed E-state index contributed by atoms with van der Waals surface area (Å²) in [5.74, 6) is -0.409. The van der Waals surface area contributed by atoms with E-state index in [1.807, 2.05) is 37.3 Å². The van der Waals surface area contributed by atoms with E-state index in [9.17, 15) is 14.7 Å². The standard InChI is InChI=1S/C15H23N3O3/c1-3-9-16-15(21)17-14(20)11-18(10-12(2)19)13-7-5-4-6-8-13/h4-8,12,19H,3,9-11H2,1-2H3,(H2,16,17,20,21). The van der Waals surface area contributed by atoms with E-state index in [1.54, 1.807) is 11.8 Å². The van der Waals surface area contributed by atoms with Gasteiger partial charge in [-0.3, -0.25) is 10.1 Å². The molecule has 0 saturated carbocycles.